The molecular weight excluding hydrogens is 516 g/mol. The highest BCUT2D eigenvalue weighted by molar-refractivity contribution is 6.10. The second kappa shape index (κ2) is 11.2. The normalized spacial score (nSPS) is 11.5. The van der Waals surface area contributed by atoms with Gasteiger partial charge in [-0.3, -0.25) is 10.2 Å². The zero-order valence-corrected chi connectivity index (χ0v) is 23.9. The summed E-state index contributed by atoms with van der Waals surface area (Å²) in [5, 5.41) is 24.4. The molecule has 6 nitrogen and oxygen atoms in total. The zero-order valence-electron chi connectivity index (χ0n) is 23.9. The van der Waals surface area contributed by atoms with Gasteiger partial charge in [-0.2, -0.15) is 10.2 Å². The summed E-state index contributed by atoms with van der Waals surface area (Å²) in [6.07, 6.45) is 1.72. The van der Waals surface area contributed by atoms with Crippen LogP contribution in [-0.4, -0.2) is 26.1 Å². The first-order chi connectivity index (χ1) is 20.3. The van der Waals surface area contributed by atoms with E-state index in [-0.39, 0.29) is 0 Å². The van der Waals surface area contributed by atoms with E-state index in [1.54, 1.807) is 6.08 Å². The van der Waals surface area contributed by atoms with Crippen LogP contribution < -0.4 is 5.73 Å². The Labute approximate surface area is 245 Å². The largest absolute Gasteiger partial charge is 0.398 e. The van der Waals surface area contributed by atoms with Crippen molar-refractivity contribution < 1.29 is 0 Å². The van der Waals surface area contributed by atoms with Crippen LogP contribution in [0.1, 0.15) is 27.8 Å². The number of hydrogen-bond donors (Lipinski definition) is 4. The third-order valence-corrected chi connectivity index (χ3v) is 7.34. The summed E-state index contributed by atoms with van der Waals surface area (Å²) in [6, 6.07) is 34.7. The number of aryl methyl sites for hydroxylation is 3. The van der Waals surface area contributed by atoms with Crippen molar-refractivity contribution in [3.8, 4) is 45.0 Å². The second-order valence-corrected chi connectivity index (χ2v) is 10.7. The highest BCUT2D eigenvalue weighted by Crippen LogP contribution is 2.34. The highest BCUT2D eigenvalue weighted by atomic mass is 15.1. The molecule has 0 saturated heterocycles. The molecule has 206 valence electrons. The molecule has 0 radical (unpaired) electrons. The van der Waals surface area contributed by atoms with Crippen LogP contribution in [0.4, 0.5) is 0 Å². The summed E-state index contributed by atoms with van der Waals surface area (Å²) in [5.41, 5.74) is 20.1. The van der Waals surface area contributed by atoms with E-state index < -0.39 is 0 Å². The van der Waals surface area contributed by atoms with Crippen molar-refractivity contribution in [2.75, 3.05) is 0 Å². The molecule has 0 atom stereocenters. The lowest BCUT2D eigenvalue weighted by Gasteiger charge is -2.11. The lowest BCUT2D eigenvalue weighted by atomic mass is 9.95. The molecule has 0 fully saturated rings. The van der Waals surface area contributed by atoms with E-state index in [9.17, 15) is 0 Å². The van der Waals surface area contributed by atoms with Crippen molar-refractivity contribution in [1.82, 2.24) is 20.4 Å². The molecule has 6 rings (SSSR count). The zero-order chi connectivity index (χ0) is 29.2. The molecule has 0 aliphatic heterocycles. The summed E-state index contributed by atoms with van der Waals surface area (Å²) in [5.74, 6) is 0. The molecule has 4 aromatic carbocycles. The Morgan fingerprint density at radius 3 is 1.83 bits per heavy atom. The lowest BCUT2D eigenvalue weighted by molar-refractivity contribution is 1.09. The number of aromatic nitrogens is 4. The van der Waals surface area contributed by atoms with Gasteiger partial charge in [0, 0.05) is 33.5 Å². The van der Waals surface area contributed by atoms with Crippen LogP contribution in [0.25, 0.3) is 50.7 Å². The van der Waals surface area contributed by atoms with E-state index >= 15 is 0 Å². The molecule has 0 unspecified atom stereocenters. The number of benzene rings is 4. The maximum Gasteiger partial charge on any atom is 0.0927 e. The number of allylic oxidation sites excluding steroid dienone is 1. The van der Waals surface area contributed by atoms with Crippen molar-refractivity contribution >= 4 is 11.4 Å². The Kier molecular flexibility index (Phi) is 7.11. The first-order valence-corrected chi connectivity index (χ1v) is 13.9. The predicted octanol–water partition coefficient (Wildman–Crippen LogP) is 8.09. The fraction of sp³-hybridized carbons (Fsp3) is 0.0833. The van der Waals surface area contributed by atoms with Crippen LogP contribution in [0.5, 0.6) is 0 Å². The van der Waals surface area contributed by atoms with Crippen LogP contribution in [0.15, 0.2) is 109 Å². The van der Waals surface area contributed by atoms with Crippen molar-refractivity contribution in [3.05, 3.63) is 137 Å². The molecule has 0 saturated carbocycles. The number of aromatic amines is 2. The van der Waals surface area contributed by atoms with Gasteiger partial charge in [0.25, 0.3) is 0 Å². The Morgan fingerprint density at radius 2 is 1.21 bits per heavy atom. The third kappa shape index (κ3) is 5.56. The molecule has 2 aromatic heterocycles. The summed E-state index contributed by atoms with van der Waals surface area (Å²) in [4.78, 5) is 0. The minimum absolute atomic E-state index is 0.354. The van der Waals surface area contributed by atoms with Gasteiger partial charge in [0.05, 0.1) is 28.5 Å². The van der Waals surface area contributed by atoms with Crippen LogP contribution in [0.3, 0.4) is 0 Å². The molecular formula is C36H32N6. The van der Waals surface area contributed by atoms with Gasteiger partial charge in [-0.25, -0.2) is 0 Å². The summed E-state index contributed by atoms with van der Waals surface area (Å²) in [7, 11) is 0. The molecule has 0 aliphatic rings. The van der Waals surface area contributed by atoms with Crippen molar-refractivity contribution in [2.45, 2.75) is 20.8 Å². The minimum atomic E-state index is 0.354. The maximum absolute atomic E-state index is 8.70. The Hall–Kier alpha value is -5.49. The number of nitrogens with one attached hydrogen (secondary N) is 3. The number of H-pyrrole nitrogens is 2. The van der Waals surface area contributed by atoms with Crippen LogP contribution in [0, 0.1) is 26.2 Å². The second-order valence-electron chi connectivity index (χ2n) is 10.7. The van der Waals surface area contributed by atoms with E-state index in [0.717, 1.165) is 61.7 Å². The fourth-order valence-corrected chi connectivity index (χ4v) is 5.15. The smallest absolute Gasteiger partial charge is 0.0927 e. The fourth-order valence-electron chi connectivity index (χ4n) is 5.15. The van der Waals surface area contributed by atoms with Crippen molar-refractivity contribution in [1.29, 1.82) is 5.41 Å². The van der Waals surface area contributed by atoms with E-state index in [0.29, 0.717) is 11.4 Å². The molecule has 6 aromatic rings. The third-order valence-electron chi connectivity index (χ3n) is 7.34. The van der Waals surface area contributed by atoms with Gasteiger partial charge in [-0.05, 0) is 68.8 Å². The molecule has 0 spiro atoms. The van der Waals surface area contributed by atoms with Gasteiger partial charge >= 0.3 is 0 Å². The average Bonchev–Trinajstić information content (AvgIpc) is 3.68. The average molecular weight is 549 g/mol. The number of nitrogens with two attached hydrogens (primary N) is 1. The Bertz CT molecular complexity index is 1960. The quantitative estimate of drug-likeness (QED) is 0.151. The summed E-state index contributed by atoms with van der Waals surface area (Å²) in [6.45, 7) is 6.17. The van der Waals surface area contributed by atoms with Crippen LogP contribution in [-0.2, 0) is 0 Å². The van der Waals surface area contributed by atoms with Crippen molar-refractivity contribution in [3.63, 3.8) is 0 Å². The van der Waals surface area contributed by atoms with E-state index in [2.05, 4.69) is 82.8 Å². The molecule has 0 aliphatic carbocycles. The monoisotopic (exact) mass is 548 g/mol. The predicted molar refractivity (Wildman–Crippen MR) is 172 cm³/mol. The molecule has 6 heteroatoms. The first kappa shape index (κ1) is 26.7. The number of nitrogens with zero attached hydrogens (tertiary/aromatic N) is 2. The summed E-state index contributed by atoms with van der Waals surface area (Å²) >= 11 is 0. The standard InChI is InChI=1S/C36H32N6/c1-22-7-4-10-25(15-22)31(37)19-32(38)29-14-13-28(34-20-33(39-40-34)26-11-5-8-23(2)16-26)18-30(29)36-21-35(41-42-36)27-12-6-9-24(3)17-27/h4-21,37H,38H2,1-3H3,(H,39,40)(H,41,42)/b32-19-,37-31?. The van der Waals surface area contributed by atoms with Gasteiger partial charge in [0.15, 0.2) is 0 Å². The Morgan fingerprint density at radius 1 is 0.643 bits per heavy atom. The minimum Gasteiger partial charge on any atom is -0.398 e. The van der Waals surface area contributed by atoms with E-state index in [1.165, 1.54) is 11.1 Å². The number of hydrogen-bond acceptors (Lipinski definition) is 4. The van der Waals surface area contributed by atoms with Gasteiger partial charge in [0.2, 0.25) is 0 Å². The number of rotatable bonds is 7. The lowest BCUT2D eigenvalue weighted by Crippen LogP contribution is -2.04. The molecule has 42 heavy (non-hydrogen) atoms. The molecule has 0 amide bonds. The molecule has 5 N–H and O–H groups in total. The topological polar surface area (TPSA) is 107 Å². The van der Waals surface area contributed by atoms with Crippen LogP contribution in [0.2, 0.25) is 0 Å². The Balaban J connectivity index is 1.43. The molecule has 0 bridgehead atoms. The van der Waals surface area contributed by atoms with Gasteiger partial charge in [0.1, 0.15) is 0 Å². The summed E-state index contributed by atoms with van der Waals surface area (Å²) < 4.78 is 0. The highest BCUT2D eigenvalue weighted by Gasteiger charge is 2.16. The van der Waals surface area contributed by atoms with E-state index in [1.807, 2.05) is 61.5 Å². The first-order valence-electron chi connectivity index (χ1n) is 13.9. The maximum atomic E-state index is 8.70. The van der Waals surface area contributed by atoms with Crippen LogP contribution >= 0.6 is 0 Å². The molecule has 2 heterocycles. The van der Waals surface area contributed by atoms with Crippen molar-refractivity contribution in [2.24, 2.45) is 5.73 Å². The SMILES string of the molecule is Cc1cccc(C(=N)/C=C(\N)c2ccc(-c3cc(-c4cccc(C)c4)n[nH]3)cc2-c2cc(-c3cccc(C)c3)n[nH]2)c1. The van der Waals surface area contributed by atoms with Gasteiger partial charge < -0.3 is 11.1 Å². The van der Waals surface area contributed by atoms with Gasteiger partial charge in [-0.15, -0.1) is 0 Å². The van der Waals surface area contributed by atoms with Gasteiger partial charge in [-0.1, -0.05) is 83.4 Å². The van der Waals surface area contributed by atoms with E-state index in [4.69, 9.17) is 11.1 Å².